The van der Waals surface area contributed by atoms with Gasteiger partial charge in [-0.15, -0.1) is 0 Å². The van der Waals surface area contributed by atoms with Gasteiger partial charge in [-0.1, -0.05) is 0 Å². The predicted octanol–water partition coefficient (Wildman–Crippen LogP) is 0.975. The van der Waals surface area contributed by atoms with Crippen molar-refractivity contribution in [1.82, 2.24) is 14.6 Å². The fraction of sp³-hybridized carbons (Fsp3) is 0.364. The molecule has 6 heteroatoms. The first-order valence-corrected chi connectivity index (χ1v) is 5.43. The monoisotopic (exact) mass is 232 g/mol. The van der Waals surface area contributed by atoms with Gasteiger partial charge in [0.2, 0.25) is 0 Å². The Morgan fingerprint density at radius 2 is 2.29 bits per heavy atom. The van der Waals surface area contributed by atoms with Crippen LogP contribution in [0.5, 0.6) is 0 Å². The molecule has 2 heterocycles. The number of carbonyl (C=O) groups is 1. The molecule has 1 fully saturated rings. The van der Waals surface area contributed by atoms with Crippen molar-refractivity contribution < 1.29 is 9.53 Å². The van der Waals surface area contributed by atoms with Crippen molar-refractivity contribution in [1.29, 1.82) is 0 Å². The summed E-state index contributed by atoms with van der Waals surface area (Å²) in [5.41, 5.74) is 7.63. The van der Waals surface area contributed by atoms with Crippen LogP contribution in [0.2, 0.25) is 0 Å². The first kappa shape index (κ1) is 10.1. The van der Waals surface area contributed by atoms with Crippen molar-refractivity contribution in [3.8, 4) is 0 Å². The number of nitrogens with two attached hydrogens (primary N) is 1. The van der Waals surface area contributed by atoms with E-state index in [1.54, 1.807) is 4.52 Å². The maximum absolute atomic E-state index is 11.4. The maximum Gasteiger partial charge on any atom is 0.356 e. The Morgan fingerprint density at radius 3 is 2.94 bits per heavy atom. The lowest BCUT2D eigenvalue weighted by Gasteiger charge is -2.01. The Bertz CT molecular complexity index is 601. The third kappa shape index (κ3) is 1.61. The molecule has 0 atom stereocenters. The minimum Gasteiger partial charge on any atom is -0.464 e. The summed E-state index contributed by atoms with van der Waals surface area (Å²) in [6.07, 6.45) is 2.32. The molecule has 0 saturated heterocycles. The molecule has 1 aliphatic carbocycles. The van der Waals surface area contributed by atoms with Gasteiger partial charge in [-0.25, -0.2) is 9.78 Å². The second kappa shape index (κ2) is 3.44. The van der Waals surface area contributed by atoms with Gasteiger partial charge in [0.15, 0.2) is 11.3 Å². The Morgan fingerprint density at radius 1 is 1.53 bits per heavy atom. The van der Waals surface area contributed by atoms with Crippen LogP contribution in [-0.2, 0) is 4.74 Å². The highest BCUT2D eigenvalue weighted by Crippen LogP contribution is 2.39. The standard InChI is InChI=1S/C11H12N4O2/c1-17-11(16)8-4-9(12)15-10(13-8)5-7(14-15)6-2-3-6/h4-6H,2-3,12H2,1H3. The highest BCUT2D eigenvalue weighted by Gasteiger charge is 2.27. The fourth-order valence-corrected chi connectivity index (χ4v) is 1.80. The molecule has 0 radical (unpaired) electrons. The van der Waals surface area contributed by atoms with Crippen molar-refractivity contribution in [2.75, 3.05) is 12.8 Å². The van der Waals surface area contributed by atoms with E-state index < -0.39 is 5.97 Å². The number of carbonyl (C=O) groups excluding carboxylic acids is 1. The summed E-state index contributed by atoms with van der Waals surface area (Å²) in [7, 11) is 1.32. The molecule has 3 rings (SSSR count). The van der Waals surface area contributed by atoms with Crippen LogP contribution >= 0.6 is 0 Å². The van der Waals surface area contributed by atoms with Gasteiger partial charge in [0.1, 0.15) is 5.82 Å². The Balaban J connectivity index is 2.14. The largest absolute Gasteiger partial charge is 0.464 e. The minimum atomic E-state index is -0.492. The summed E-state index contributed by atoms with van der Waals surface area (Å²) >= 11 is 0. The second-order valence-electron chi connectivity index (χ2n) is 4.17. The highest BCUT2D eigenvalue weighted by atomic mass is 16.5. The summed E-state index contributed by atoms with van der Waals surface area (Å²) in [5.74, 6) is 0.424. The Hall–Kier alpha value is -2.11. The molecule has 6 nitrogen and oxygen atoms in total. The number of hydrogen-bond donors (Lipinski definition) is 1. The van der Waals surface area contributed by atoms with Gasteiger partial charge >= 0.3 is 5.97 Å². The maximum atomic E-state index is 11.4. The van der Waals surface area contributed by atoms with Crippen LogP contribution in [0.15, 0.2) is 12.1 Å². The van der Waals surface area contributed by atoms with Gasteiger partial charge in [0, 0.05) is 18.1 Å². The summed E-state index contributed by atoms with van der Waals surface area (Å²) in [5, 5.41) is 4.38. The molecule has 0 amide bonds. The average Bonchev–Trinajstić information content (AvgIpc) is 3.08. The van der Waals surface area contributed by atoms with E-state index in [1.807, 2.05) is 6.07 Å². The summed E-state index contributed by atoms with van der Waals surface area (Å²) in [4.78, 5) is 15.6. The molecule has 2 N–H and O–H groups in total. The molecule has 1 aliphatic rings. The van der Waals surface area contributed by atoms with Crippen molar-refractivity contribution in [2.24, 2.45) is 0 Å². The van der Waals surface area contributed by atoms with Crippen LogP contribution in [-0.4, -0.2) is 27.7 Å². The van der Waals surface area contributed by atoms with Gasteiger partial charge in [0.05, 0.1) is 12.8 Å². The van der Waals surface area contributed by atoms with Gasteiger partial charge in [0.25, 0.3) is 0 Å². The molecule has 0 aliphatic heterocycles. The number of anilines is 1. The first-order valence-electron chi connectivity index (χ1n) is 5.43. The average molecular weight is 232 g/mol. The van der Waals surface area contributed by atoms with Gasteiger partial charge in [-0.3, -0.25) is 0 Å². The lowest BCUT2D eigenvalue weighted by atomic mass is 10.3. The molecular weight excluding hydrogens is 220 g/mol. The molecule has 0 unspecified atom stereocenters. The number of esters is 1. The smallest absolute Gasteiger partial charge is 0.356 e. The topological polar surface area (TPSA) is 82.5 Å². The molecule has 0 bridgehead atoms. The lowest BCUT2D eigenvalue weighted by Crippen LogP contribution is -2.09. The molecule has 1 saturated carbocycles. The number of rotatable bonds is 2. The van der Waals surface area contributed by atoms with E-state index in [0.29, 0.717) is 17.4 Å². The molecular formula is C11H12N4O2. The highest BCUT2D eigenvalue weighted by molar-refractivity contribution is 5.88. The van der Waals surface area contributed by atoms with Crippen molar-refractivity contribution in [3.63, 3.8) is 0 Å². The van der Waals surface area contributed by atoms with Crippen LogP contribution < -0.4 is 5.73 Å². The molecule has 2 aromatic heterocycles. The van der Waals surface area contributed by atoms with Crippen LogP contribution in [0.3, 0.4) is 0 Å². The summed E-state index contributed by atoms with van der Waals surface area (Å²) < 4.78 is 6.18. The molecule has 0 aromatic carbocycles. The van der Waals surface area contributed by atoms with Gasteiger partial charge < -0.3 is 10.5 Å². The molecule has 88 valence electrons. The van der Waals surface area contributed by atoms with Crippen molar-refractivity contribution >= 4 is 17.4 Å². The lowest BCUT2D eigenvalue weighted by molar-refractivity contribution is 0.0594. The number of aromatic nitrogens is 3. The zero-order valence-electron chi connectivity index (χ0n) is 9.38. The van der Waals surface area contributed by atoms with E-state index in [9.17, 15) is 4.79 Å². The Kier molecular flexibility index (Phi) is 2.04. The van der Waals surface area contributed by atoms with Crippen LogP contribution in [0.4, 0.5) is 5.82 Å². The molecule has 0 spiro atoms. The van der Waals surface area contributed by atoms with E-state index in [1.165, 1.54) is 13.2 Å². The number of nitrogens with zero attached hydrogens (tertiary/aromatic N) is 3. The predicted molar refractivity (Wildman–Crippen MR) is 60.7 cm³/mol. The van der Waals surface area contributed by atoms with E-state index in [4.69, 9.17) is 5.73 Å². The van der Waals surface area contributed by atoms with Crippen LogP contribution in [0.25, 0.3) is 5.65 Å². The van der Waals surface area contributed by atoms with E-state index in [2.05, 4.69) is 14.8 Å². The van der Waals surface area contributed by atoms with Crippen molar-refractivity contribution in [2.45, 2.75) is 18.8 Å². The van der Waals surface area contributed by atoms with E-state index >= 15 is 0 Å². The number of hydrogen-bond acceptors (Lipinski definition) is 5. The number of nitrogen functional groups attached to an aromatic ring is 1. The number of methoxy groups -OCH3 is 1. The van der Waals surface area contributed by atoms with Crippen molar-refractivity contribution in [3.05, 3.63) is 23.5 Å². The second-order valence-corrected chi connectivity index (χ2v) is 4.17. The van der Waals surface area contributed by atoms with Gasteiger partial charge in [-0.05, 0) is 12.8 Å². The zero-order valence-corrected chi connectivity index (χ0v) is 9.38. The SMILES string of the molecule is COC(=O)c1cc(N)n2nc(C3CC3)cc2n1. The quantitative estimate of drug-likeness (QED) is 0.780. The number of fused-ring (bicyclic) bond motifs is 1. The fourth-order valence-electron chi connectivity index (χ4n) is 1.80. The molecule has 2 aromatic rings. The van der Waals surface area contributed by atoms with E-state index in [-0.39, 0.29) is 5.69 Å². The first-order chi connectivity index (χ1) is 8.19. The summed E-state index contributed by atoms with van der Waals surface area (Å²) in [6, 6.07) is 3.35. The zero-order chi connectivity index (χ0) is 12.0. The normalized spacial score (nSPS) is 15.1. The minimum absolute atomic E-state index is 0.208. The Labute approximate surface area is 97.4 Å². The summed E-state index contributed by atoms with van der Waals surface area (Å²) in [6.45, 7) is 0. The van der Waals surface area contributed by atoms with Crippen LogP contribution in [0.1, 0.15) is 34.9 Å². The van der Waals surface area contributed by atoms with E-state index in [0.717, 1.165) is 18.5 Å². The third-order valence-electron chi connectivity index (χ3n) is 2.86. The van der Waals surface area contributed by atoms with Gasteiger partial charge in [-0.2, -0.15) is 9.61 Å². The number of ether oxygens (including phenoxy) is 1. The third-order valence-corrected chi connectivity index (χ3v) is 2.86. The molecule has 17 heavy (non-hydrogen) atoms. The van der Waals surface area contributed by atoms with Crippen LogP contribution in [0, 0.1) is 0 Å².